The number of carbonyl (C=O) groups is 1. The van der Waals surface area contributed by atoms with Crippen LogP contribution in [0.15, 0.2) is 42.6 Å². The molecule has 0 saturated carbocycles. The molecule has 1 aromatic carbocycles. The standard InChI is InChI=1S/C19H22N2O/c1-14-6-3-4-8-18(14)16-9-10-19(20-12-16)17-7-5-11-21(13-17)15(2)22/h3-4,6,8-10,12,17H,5,7,11,13H2,1-2H3. The summed E-state index contributed by atoms with van der Waals surface area (Å²) in [4.78, 5) is 18.2. The Balaban J connectivity index is 1.80. The molecule has 0 bridgehead atoms. The lowest BCUT2D eigenvalue weighted by atomic mass is 9.93. The van der Waals surface area contributed by atoms with Crippen molar-refractivity contribution in [1.29, 1.82) is 0 Å². The molecule has 22 heavy (non-hydrogen) atoms. The quantitative estimate of drug-likeness (QED) is 0.844. The Bertz CT molecular complexity index is 663. The fraction of sp³-hybridized carbons (Fsp3) is 0.368. The molecule has 0 aliphatic carbocycles. The molecule has 1 saturated heterocycles. The van der Waals surface area contributed by atoms with Gasteiger partial charge in [0.25, 0.3) is 0 Å². The van der Waals surface area contributed by atoms with Crippen LogP contribution >= 0.6 is 0 Å². The normalized spacial score (nSPS) is 18.3. The lowest BCUT2D eigenvalue weighted by Gasteiger charge is -2.31. The van der Waals surface area contributed by atoms with Gasteiger partial charge in [0, 0.05) is 43.4 Å². The molecule has 1 unspecified atom stereocenters. The van der Waals surface area contributed by atoms with Crippen molar-refractivity contribution in [3.05, 3.63) is 53.9 Å². The number of rotatable bonds is 2. The van der Waals surface area contributed by atoms with Crippen molar-refractivity contribution in [2.75, 3.05) is 13.1 Å². The van der Waals surface area contributed by atoms with Crippen LogP contribution in [0.4, 0.5) is 0 Å². The second-order valence-corrected chi connectivity index (χ2v) is 6.09. The largest absolute Gasteiger partial charge is 0.342 e. The van der Waals surface area contributed by atoms with Crippen LogP contribution < -0.4 is 0 Å². The van der Waals surface area contributed by atoms with E-state index in [2.05, 4.69) is 48.3 Å². The highest BCUT2D eigenvalue weighted by Crippen LogP contribution is 2.28. The number of benzene rings is 1. The first-order valence-electron chi connectivity index (χ1n) is 7.92. The summed E-state index contributed by atoms with van der Waals surface area (Å²) >= 11 is 0. The highest BCUT2D eigenvalue weighted by Gasteiger charge is 2.23. The van der Waals surface area contributed by atoms with Crippen molar-refractivity contribution in [2.24, 2.45) is 0 Å². The summed E-state index contributed by atoms with van der Waals surface area (Å²) in [5.74, 6) is 0.532. The van der Waals surface area contributed by atoms with Crippen molar-refractivity contribution >= 4 is 5.91 Å². The van der Waals surface area contributed by atoms with Crippen LogP contribution in [0.3, 0.4) is 0 Å². The second-order valence-electron chi connectivity index (χ2n) is 6.09. The van der Waals surface area contributed by atoms with Gasteiger partial charge in [0.2, 0.25) is 5.91 Å². The lowest BCUT2D eigenvalue weighted by molar-refractivity contribution is -0.130. The van der Waals surface area contributed by atoms with Crippen LogP contribution in [0, 0.1) is 6.92 Å². The molecule has 1 aromatic heterocycles. The molecule has 1 amide bonds. The minimum absolute atomic E-state index is 0.168. The van der Waals surface area contributed by atoms with Crippen LogP contribution in [0.5, 0.6) is 0 Å². The first kappa shape index (κ1) is 14.8. The molecule has 1 fully saturated rings. The molecule has 114 valence electrons. The zero-order valence-corrected chi connectivity index (χ0v) is 13.2. The number of hydrogen-bond acceptors (Lipinski definition) is 2. The molecule has 2 aromatic rings. The monoisotopic (exact) mass is 294 g/mol. The van der Waals surface area contributed by atoms with Gasteiger partial charge in [-0.1, -0.05) is 30.3 Å². The summed E-state index contributed by atoms with van der Waals surface area (Å²) in [5.41, 5.74) is 4.75. The zero-order chi connectivity index (χ0) is 15.5. The van der Waals surface area contributed by atoms with Crippen molar-refractivity contribution in [1.82, 2.24) is 9.88 Å². The molecular weight excluding hydrogens is 272 g/mol. The maximum Gasteiger partial charge on any atom is 0.219 e. The van der Waals surface area contributed by atoms with E-state index in [1.807, 2.05) is 11.1 Å². The van der Waals surface area contributed by atoms with Crippen molar-refractivity contribution in [3.8, 4) is 11.1 Å². The lowest BCUT2D eigenvalue weighted by Crippen LogP contribution is -2.37. The van der Waals surface area contributed by atoms with Gasteiger partial charge in [-0.3, -0.25) is 9.78 Å². The van der Waals surface area contributed by atoms with Crippen molar-refractivity contribution < 1.29 is 4.79 Å². The Morgan fingerprint density at radius 3 is 2.73 bits per heavy atom. The van der Waals surface area contributed by atoms with Gasteiger partial charge in [-0.25, -0.2) is 0 Å². The molecule has 2 heterocycles. The first-order valence-corrected chi connectivity index (χ1v) is 7.92. The molecule has 0 radical (unpaired) electrons. The summed E-state index contributed by atoms with van der Waals surface area (Å²) in [6.45, 7) is 5.45. The highest BCUT2D eigenvalue weighted by atomic mass is 16.2. The van der Waals surface area contributed by atoms with Gasteiger partial charge < -0.3 is 4.90 Å². The van der Waals surface area contributed by atoms with Gasteiger partial charge in [-0.2, -0.15) is 0 Å². The van der Waals surface area contributed by atoms with E-state index in [1.165, 1.54) is 11.1 Å². The predicted molar refractivity (Wildman–Crippen MR) is 88.6 cm³/mol. The highest BCUT2D eigenvalue weighted by molar-refractivity contribution is 5.73. The fourth-order valence-corrected chi connectivity index (χ4v) is 3.21. The molecule has 3 heteroatoms. The number of aryl methyl sites for hydroxylation is 1. The van der Waals surface area contributed by atoms with Gasteiger partial charge in [-0.05, 0) is 37.0 Å². The first-order chi connectivity index (χ1) is 10.6. The van der Waals surface area contributed by atoms with E-state index >= 15 is 0 Å². The van der Waals surface area contributed by atoms with Gasteiger partial charge in [0.05, 0.1) is 0 Å². The van der Waals surface area contributed by atoms with Gasteiger partial charge in [-0.15, -0.1) is 0 Å². The Hall–Kier alpha value is -2.16. The molecule has 1 aliphatic rings. The number of likely N-dealkylation sites (tertiary alicyclic amines) is 1. The second kappa shape index (κ2) is 6.30. The molecule has 1 aliphatic heterocycles. The van der Waals surface area contributed by atoms with E-state index in [0.717, 1.165) is 37.2 Å². The average Bonchev–Trinajstić information content (AvgIpc) is 2.56. The Kier molecular flexibility index (Phi) is 4.23. The summed E-state index contributed by atoms with van der Waals surface area (Å²) in [7, 11) is 0. The number of pyridine rings is 1. The maximum absolute atomic E-state index is 11.6. The molecule has 0 spiro atoms. The smallest absolute Gasteiger partial charge is 0.219 e. The fourth-order valence-electron chi connectivity index (χ4n) is 3.21. The van der Waals surface area contributed by atoms with Crippen LogP contribution in [0.25, 0.3) is 11.1 Å². The van der Waals surface area contributed by atoms with E-state index in [1.54, 1.807) is 6.92 Å². The van der Waals surface area contributed by atoms with Crippen LogP contribution in [-0.4, -0.2) is 28.9 Å². The maximum atomic E-state index is 11.6. The third-order valence-corrected chi connectivity index (χ3v) is 4.53. The minimum Gasteiger partial charge on any atom is -0.342 e. The Morgan fingerprint density at radius 2 is 2.05 bits per heavy atom. The Morgan fingerprint density at radius 1 is 1.23 bits per heavy atom. The molecule has 3 nitrogen and oxygen atoms in total. The van der Waals surface area contributed by atoms with Crippen LogP contribution in [-0.2, 0) is 4.79 Å². The minimum atomic E-state index is 0.168. The zero-order valence-electron chi connectivity index (χ0n) is 13.2. The van der Waals surface area contributed by atoms with E-state index in [0.29, 0.717) is 5.92 Å². The summed E-state index contributed by atoms with van der Waals surface area (Å²) in [6.07, 6.45) is 4.14. The molecule has 3 rings (SSSR count). The number of piperidine rings is 1. The third kappa shape index (κ3) is 3.03. The topological polar surface area (TPSA) is 33.2 Å². The average molecular weight is 294 g/mol. The third-order valence-electron chi connectivity index (χ3n) is 4.53. The summed E-state index contributed by atoms with van der Waals surface area (Å²) in [5, 5.41) is 0. The SMILES string of the molecule is CC(=O)N1CCCC(c2ccc(-c3ccccc3C)cn2)C1. The van der Waals surface area contributed by atoms with Crippen molar-refractivity contribution in [2.45, 2.75) is 32.6 Å². The van der Waals surface area contributed by atoms with Gasteiger partial charge >= 0.3 is 0 Å². The van der Waals surface area contributed by atoms with Crippen LogP contribution in [0.1, 0.15) is 36.9 Å². The summed E-state index contributed by atoms with van der Waals surface area (Å²) < 4.78 is 0. The number of amides is 1. The van der Waals surface area contributed by atoms with Gasteiger partial charge in [0.15, 0.2) is 0 Å². The number of hydrogen-bond donors (Lipinski definition) is 0. The number of carbonyl (C=O) groups excluding carboxylic acids is 1. The summed E-state index contributed by atoms with van der Waals surface area (Å²) in [6, 6.07) is 12.6. The van der Waals surface area contributed by atoms with Gasteiger partial charge in [0.1, 0.15) is 0 Å². The molecular formula is C19H22N2O. The Labute approximate surface area is 132 Å². The number of nitrogens with zero attached hydrogens (tertiary/aromatic N) is 2. The van der Waals surface area contributed by atoms with E-state index in [9.17, 15) is 4.79 Å². The van der Waals surface area contributed by atoms with Crippen molar-refractivity contribution in [3.63, 3.8) is 0 Å². The van der Waals surface area contributed by atoms with E-state index < -0.39 is 0 Å². The van der Waals surface area contributed by atoms with E-state index in [-0.39, 0.29) is 5.91 Å². The predicted octanol–water partition coefficient (Wildman–Crippen LogP) is 3.78. The molecule has 1 atom stereocenters. The molecule has 0 N–H and O–H groups in total. The van der Waals surface area contributed by atoms with E-state index in [4.69, 9.17) is 0 Å². The van der Waals surface area contributed by atoms with Crippen LogP contribution in [0.2, 0.25) is 0 Å². The number of aromatic nitrogens is 1.